The summed E-state index contributed by atoms with van der Waals surface area (Å²) in [5.41, 5.74) is 6.87. The topological polar surface area (TPSA) is 36.1 Å². The van der Waals surface area contributed by atoms with Gasteiger partial charge in [-0.25, -0.2) is 0 Å². The zero-order valence-electron chi connectivity index (χ0n) is 28.1. The predicted molar refractivity (Wildman–Crippen MR) is 201 cm³/mol. The van der Waals surface area contributed by atoms with Crippen LogP contribution in [0.2, 0.25) is 0 Å². The summed E-state index contributed by atoms with van der Waals surface area (Å²) in [6, 6.07) is 34.0. The van der Waals surface area contributed by atoms with Gasteiger partial charge in [0, 0.05) is 42.4 Å². The van der Waals surface area contributed by atoms with Crippen LogP contribution in [0.3, 0.4) is 0 Å². The third-order valence-corrected chi connectivity index (χ3v) is 8.92. The molecule has 0 aliphatic heterocycles. The van der Waals surface area contributed by atoms with Gasteiger partial charge in [-0.15, -0.1) is 0 Å². The zero-order chi connectivity index (χ0) is 32.0. The standard InChI is InChI=1S/C41H51N5/c1-4-5-6-7-8-9-10-11-12-13-20-29-46-40-27-25-34(32-42-44(2)36-21-16-14-17-22-36)30-38(40)39-31-35(26-28-41(39)46)33-43-45(3)37-23-18-15-19-24-37/h14-19,21-28,30-33H,4-13,20,29H2,1-3H3. The molecule has 1 heterocycles. The highest BCUT2D eigenvalue weighted by atomic mass is 15.4. The molecule has 5 rings (SSSR count). The summed E-state index contributed by atoms with van der Waals surface area (Å²) >= 11 is 0. The molecule has 240 valence electrons. The number of hydrazone groups is 2. The first-order valence-electron chi connectivity index (χ1n) is 17.4. The van der Waals surface area contributed by atoms with Gasteiger partial charge in [0.1, 0.15) is 0 Å². The van der Waals surface area contributed by atoms with Crippen LogP contribution in [0.1, 0.15) is 88.7 Å². The number of aryl methyl sites for hydroxylation is 1. The number of hydrogen-bond donors (Lipinski definition) is 0. The first kappa shape index (κ1) is 33.0. The lowest BCUT2D eigenvalue weighted by atomic mass is 10.1. The zero-order valence-corrected chi connectivity index (χ0v) is 28.1. The van der Waals surface area contributed by atoms with Gasteiger partial charge in [-0.3, -0.25) is 10.0 Å². The summed E-state index contributed by atoms with van der Waals surface area (Å²) in [7, 11) is 3.98. The molecule has 0 radical (unpaired) electrons. The summed E-state index contributed by atoms with van der Waals surface area (Å²) in [6.45, 7) is 3.32. The number of fused-ring (bicyclic) bond motifs is 3. The molecular weight excluding hydrogens is 562 g/mol. The maximum atomic E-state index is 4.74. The van der Waals surface area contributed by atoms with Crippen LogP contribution in [0.25, 0.3) is 21.8 Å². The Morgan fingerprint density at radius 3 is 1.37 bits per heavy atom. The van der Waals surface area contributed by atoms with Crippen molar-refractivity contribution in [2.75, 3.05) is 24.1 Å². The highest BCUT2D eigenvalue weighted by Crippen LogP contribution is 2.31. The molecule has 46 heavy (non-hydrogen) atoms. The number of rotatable bonds is 18. The summed E-state index contributed by atoms with van der Waals surface area (Å²) in [4.78, 5) is 0. The van der Waals surface area contributed by atoms with Gasteiger partial charge in [0.05, 0.1) is 23.8 Å². The first-order valence-corrected chi connectivity index (χ1v) is 17.4. The molecule has 4 aromatic carbocycles. The van der Waals surface area contributed by atoms with Crippen molar-refractivity contribution in [2.45, 2.75) is 84.1 Å². The van der Waals surface area contributed by atoms with E-state index < -0.39 is 0 Å². The lowest BCUT2D eigenvalue weighted by Crippen LogP contribution is -2.08. The van der Waals surface area contributed by atoms with Crippen LogP contribution in [0.15, 0.2) is 107 Å². The van der Waals surface area contributed by atoms with Crippen molar-refractivity contribution in [3.63, 3.8) is 0 Å². The molecule has 0 unspecified atom stereocenters. The summed E-state index contributed by atoms with van der Waals surface area (Å²) in [5.74, 6) is 0. The van der Waals surface area contributed by atoms with E-state index in [-0.39, 0.29) is 0 Å². The van der Waals surface area contributed by atoms with Crippen LogP contribution < -0.4 is 10.0 Å². The maximum Gasteiger partial charge on any atom is 0.0590 e. The van der Waals surface area contributed by atoms with E-state index in [1.165, 1.54) is 92.4 Å². The molecule has 0 spiro atoms. The van der Waals surface area contributed by atoms with Crippen LogP contribution >= 0.6 is 0 Å². The fraction of sp³-hybridized carbons (Fsp3) is 0.366. The quantitative estimate of drug-likeness (QED) is 0.0560. The molecule has 0 saturated carbocycles. The SMILES string of the molecule is CCCCCCCCCCCCCn1c2ccc(C=NN(C)c3ccccc3)cc2c2cc(C=NN(C)c3ccccc3)ccc21. The number of nitrogens with zero attached hydrogens (tertiary/aromatic N) is 5. The Kier molecular flexibility index (Phi) is 12.4. The van der Waals surface area contributed by atoms with Crippen molar-refractivity contribution >= 4 is 45.6 Å². The molecule has 0 aliphatic rings. The largest absolute Gasteiger partial charge is 0.340 e. The second-order valence-corrected chi connectivity index (χ2v) is 12.4. The van der Waals surface area contributed by atoms with E-state index in [1.807, 2.05) is 72.9 Å². The molecule has 0 atom stereocenters. The number of anilines is 2. The van der Waals surface area contributed by atoms with Gasteiger partial charge in [-0.1, -0.05) is 120 Å². The van der Waals surface area contributed by atoms with E-state index in [4.69, 9.17) is 10.2 Å². The number of benzene rings is 4. The Bertz CT molecular complexity index is 1570. The lowest BCUT2D eigenvalue weighted by molar-refractivity contribution is 0.537. The van der Waals surface area contributed by atoms with Crippen molar-refractivity contribution in [3.8, 4) is 0 Å². The summed E-state index contributed by atoms with van der Waals surface area (Å²) < 4.78 is 2.52. The Morgan fingerprint density at radius 2 is 0.935 bits per heavy atom. The maximum absolute atomic E-state index is 4.74. The monoisotopic (exact) mass is 613 g/mol. The van der Waals surface area contributed by atoms with Gasteiger partial charge in [-0.05, 0) is 66.1 Å². The average molecular weight is 614 g/mol. The molecule has 0 amide bonds. The van der Waals surface area contributed by atoms with Crippen molar-refractivity contribution in [1.82, 2.24) is 4.57 Å². The Morgan fingerprint density at radius 1 is 0.522 bits per heavy atom. The second kappa shape index (κ2) is 17.4. The second-order valence-electron chi connectivity index (χ2n) is 12.4. The molecule has 5 nitrogen and oxygen atoms in total. The minimum Gasteiger partial charge on any atom is -0.340 e. The Labute approximate surface area is 276 Å². The van der Waals surface area contributed by atoms with Crippen molar-refractivity contribution in [3.05, 3.63) is 108 Å². The van der Waals surface area contributed by atoms with Crippen LogP contribution in [0.5, 0.6) is 0 Å². The van der Waals surface area contributed by atoms with Gasteiger partial charge in [0.2, 0.25) is 0 Å². The normalized spacial score (nSPS) is 11.8. The predicted octanol–water partition coefficient (Wildman–Crippen LogP) is 11.0. The molecule has 0 bridgehead atoms. The molecule has 0 fully saturated rings. The van der Waals surface area contributed by atoms with E-state index in [9.17, 15) is 0 Å². The molecule has 5 heteroatoms. The fourth-order valence-electron chi connectivity index (χ4n) is 6.20. The third kappa shape index (κ3) is 9.09. The smallest absolute Gasteiger partial charge is 0.0590 e. The minimum atomic E-state index is 1.03. The number of para-hydroxylation sites is 2. The highest BCUT2D eigenvalue weighted by Gasteiger charge is 2.12. The number of hydrogen-bond acceptors (Lipinski definition) is 4. The molecular formula is C41H51N5. The lowest BCUT2D eigenvalue weighted by Gasteiger charge is -2.12. The first-order chi connectivity index (χ1) is 22.6. The van der Waals surface area contributed by atoms with E-state index in [2.05, 4.69) is 72.2 Å². The number of unbranched alkanes of at least 4 members (excludes halogenated alkanes) is 10. The van der Waals surface area contributed by atoms with Crippen LogP contribution in [-0.4, -0.2) is 31.1 Å². The number of aromatic nitrogens is 1. The molecule has 0 saturated heterocycles. The van der Waals surface area contributed by atoms with E-state index >= 15 is 0 Å². The molecule has 0 aliphatic carbocycles. The van der Waals surface area contributed by atoms with Gasteiger partial charge >= 0.3 is 0 Å². The molecule has 1 aromatic heterocycles. The summed E-state index contributed by atoms with van der Waals surface area (Å²) in [6.07, 6.45) is 18.8. The average Bonchev–Trinajstić information content (AvgIpc) is 3.41. The Hall–Kier alpha value is -4.38. The van der Waals surface area contributed by atoms with Gasteiger partial charge in [-0.2, -0.15) is 10.2 Å². The third-order valence-electron chi connectivity index (χ3n) is 8.92. The molecule has 0 N–H and O–H groups in total. The van der Waals surface area contributed by atoms with Crippen molar-refractivity contribution < 1.29 is 0 Å². The van der Waals surface area contributed by atoms with E-state index in [0.29, 0.717) is 0 Å². The van der Waals surface area contributed by atoms with Gasteiger partial charge < -0.3 is 4.57 Å². The Balaban J connectivity index is 1.32. The van der Waals surface area contributed by atoms with E-state index in [1.54, 1.807) is 0 Å². The summed E-state index contributed by atoms with van der Waals surface area (Å²) in [5, 5.41) is 15.8. The highest BCUT2D eigenvalue weighted by molar-refractivity contribution is 6.11. The van der Waals surface area contributed by atoms with Gasteiger partial charge in [0.15, 0.2) is 0 Å². The van der Waals surface area contributed by atoms with E-state index in [0.717, 1.165) is 29.0 Å². The van der Waals surface area contributed by atoms with Crippen LogP contribution in [0.4, 0.5) is 11.4 Å². The van der Waals surface area contributed by atoms with Crippen molar-refractivity contribution in [1.29, 1.82) is 0 Å². The van der Waals surface area contributed by atoms with Crippen molar-refractivity contribution in [2.24, 2.45) is 10.2 Å². The van der Waals surface area contributed by atoms with Gasteiger partial charge in [0.25, 0.3) is 0 Å². The van der Waals surface area contributed by atoms with Crippen LogP contribution in [0, 0.1) is 0 Å². The van der Waals surface area contributed by atoms with Crippen LogP contribution in [-0.2, 0) is 6.54 Å². The molecule has 5 aromatic rings. The fourth-order valence-corrected chi connectivity index (χ4v) is 6.20. The minimum absolute atomic E-state index is 1.03.